The van der Waals surface area contributed by atoms with Gasteiger partial charge in [0.1, 0.15) is 5.75 Å². The Morgan fingerprint density at radius 1 is 1.40 bits per heavy atom. The van der Waals surface area contributed by atoms with Crippen molar-refractivity contribution in [1.29, 1.82) is 0 Å². The van der Waals surface area contributed by atoms with E-state index in [1.54, 1.807) is 6.08 Å². The first kappa shape index (κ1) is 19.5. The van der Waals surface area contributed by atoms with Crippen molar-refractivity contribution in [3.05, 3.63) is 42.5 Å². The van der Waals surface area contributed by atoms with Crippen molar-refractivity contribution < 1.29 is 24.9 Å². The molecule has 138 valence electrons. The maximum absolute atomic E-state index is 10.8. The van der Waals surface area contributed by atoms with Gasteiger partial charge < -0.3 is 24.9 Å². The molecule has 0 aliphatic heterocycles. The zero-order valence-electron chi connectivity index (χ0n) is 14.5. The van der Waals surface area contributed by atoms with E-state index in [1.165, 1.54) is 0 Å². The molecule has 2 rings (SSSR count). The normalized spacial score (nSPS) is 25.0. The van der Waals surface area contributed by atoms with Gasteiger partial charge >= 0.3 is 0 Å². The van der Waals surface area contributed by atoms with Gasteiger partial charge in [-0.05, 0) is 56.6 Å². The van der Waals surface area contributed by atoms with Crippen LogP contribution in [0.3, 0.4) is 0 Å². The second-order valence-corrected chi connectivity index (χ2v) is 6.89. The molecule has 3 atom stereocenters. The minimum Gasteiger partial charge on any atom is -0.550 e. The van der Waals surface area contributed by atoms with Crippen LogP contribution >= 0.6 is 0 Å². The number of benzene rings is 1. The molecule has 0 aromatic heterocycles. The average molecular weight is 347 g/mol. The summed E-state index contributed by atoms with van der Waals surface area (Å²) < 4.78 is 5.59. The summed E-state index contributed by atoms with van der Waals surface area (Å²) in [6.45, 7) is 0.545. The number of para-hydroxylation sites is 1. The lowest BCUT2D eigenvalue weighted by Crippen LogP contribution is -2.41. The fraction of sp³-hybridized carbons (Fsp3) is 0.550. The zero-order valence-corrected chi connectivity index (χ0v) is 14.5. The van der Waals surface area contributed by atoms with E-state index in [1.807, 2.05) is 36.4 Å². The van der Waals surface area contributed by atoms with E-state index in [9.17, 15) is 20.1 Å². The molecule has 1 aliphatic carbocycles. The standard InChI is InChI=1S/C20H28O5/c21-17(7-5-13-25-18-8-2-1-3-9-18)11-10-16-6-4-12-20(24,14-16)15-19(22)23/h1-3,8-11,16-17,21,24H,4-7,12-15H2,(H,22,23)/p-1/b11-10+. The van der Waals surface area contributed by atoms with Crippen LogP contribution in [0.2, 0.25) is 0 Å². The molecule has 0 radical (unpaired) electrons. The summed E-state index contributed by atoms with van der Waals surface area (Å²) in [7, 11) is 0. The highest BCUT2D eigenvalue weighted by Gasteiger charge is 2.33. The predicted molar refractivity (Wildman–Crippen MR) is 92.8 cm³/mol. The van der Waals surface area contributed by atoms with Crippen LogP contribution in [0.25, 0.3) is 0 Å². The molecule has 25 heavy (non-hydrogen) atoms. The van der Waals surface area contributed by atoms with Crippen LogP contribution in [0, 0.1) is 5.92 Å². The topological polar surface area (TPSA) is 89.8 Å². The Bertz CT molecular complexity index is 556. The molecular formula is C20H27O5-. The molecule has 1 aliphatic rings. The van der Waals surface area contributed by atoms with Crippen molar-refractivity contribution in [2.24, 2.45) is 5.92 Å². The predicted octanol–water partition coefficient (Wildman–Crippen LogP) is 1.82. The maximum atomic E-state index is 10.8. The monoisotopic (exact) mass is 347 g/mol. The van der Waals surface area contributed by atoms with Crippen molar-refractivity contribution >= 4 is 5.97 Å². The molecule has 1 saturated carbocycles. The summed E-state index contributed by atoms with van der Waals surface area (Å²) in [5.41, 5.74) is -1.18. The Hall–Kier alpha value is -1.85. The van der Waals surface area contributed by atoms with Crippen LogP contribution in [0.1, 0.15) is 44.9 Å². The lowest BCUT2D eigenvalue weighted by atomic mass is 9.76. The Morgan fingerprint density at radius 2 is 2.16 bits per heavy atom. The third-order valence-corrected chi connectivity index (χ3v) is 4.59. The molecule has 0 spiro atoms. The van der Waals surface area contributed by atoms with Crippen LogP contribution in [0.5, 0.6) is 5.75 Å². The molecular weight excluding hydrogens is 320 g/mol. The van der Waals surface area contributed by atoms with Crippen LogP contribution < -0.4 is 9.84 Å². The van der Waals surface area contributed by atoms with Gasteiger partial charge in [0.25, 0.3) is 0 Å². The van der Waals surface area contributed by atoms with Gasteiger partial charge in [0.2, 0.25) is 0 Å². The first-order chi connectivity index (χ1) is 12.0. The van der Waals surface area contributed by atoms with E-state index in [0.29, 0.717) is 25.9 Å². The first-order valence-corrected chi connectivity index (χ1v) is 8.93. The van der Waals surface area contributed by atoms with Crippen molar-refractivity contribution in [2.45, 2.75) is 56.7 Å². The minimum absolute atomic E-state index is 0.0910. The van der Waals surface area contributed by atoms with Crippen LogP contribution in [-0.4, -0.2) is 34.5 Å². The number of ether oxygens (including phenoxy) is 1. The number of hydrogen-bond acceptors (Lipinski definition) is 5. The third-order valence-electron chi connectivity index (χ3n) is 4.59. The summed E-state index contributed by atoms with van der Waals surface area (Å²) in [5, 5.41) is 31.1. The van der Waals surface area contributed by atoms with Gasteiger partial charge in [-0.3, -0.25) is 0 Å². The molecule has 0 saturated heterocycles. The molecule has 0 amide bonds. The number of aliphatic carboxylic acids is 1. The lowest BCUT2D eigenvalue weighted by molar-refractivity contribution is -0.309. The van der Waals surface area contributed by atoms with E-state index in [4.69, 9.17) is 4.74 Å². The molecule has 1 aromatic carbocycles. The highest BCUT2D eigenvalue weighted by Crippen LogP contribution is 2.35. The summed E-state index contributed by atoms with van der Waals surface area (Å²) >= 11 is 0. The van der Waals surface area contributed by atoms with Gasteiger partial charge in [-0.2, -0.15) is 0 Å². The smallest absolute Gasteiger partial charge is 0.119 e. The SMILES string of the molecule is O=C([O-])CC1(O)CCCC(/C=C/C(O)CCCOc2ccccc2)C1. The minimum atomic E-state index is -1.22. The van der Waals surface area contributed by atoms with Gasteiger partial charge in [0.15, 0.2) is 0 Å². The number of aliphatic hydroxyl groups is 2. The lowest BCUT2D eigenvalue weighted by Gasteiger charge is -2.36. The van der Waals surface area contributed by atoms with E-state index in [2.05, 4.69) is 0 Å². The number of rotatable bonds is 9. The van der Waals surface area contributed by atoms with E-state index < -0.39 is 17.7 Å². The Labute approximate surface area is 149 Å². The molecule has 0 bridgehead atoms. The second-order valence-electron chi connectivity index (χ2n) is 6.89. The number of carbonyl (C=O) groups is 1. The van der Waals surface area contributed by atoms with E-state index >= 15 is 0 Å². The van der Waals surface area contributed by atoms with Crippen molar-refractivity contribution in [3.8, 4) is 5.75 Å². The average Bonchev–Trinajstić information content (AvgIpc) is 2.57. The number of hydrogen-bond donors (Lipinski definition) is 2. The number of carboxylic acids is 1. The van der Waals surface area contributed by atoms with Gasteiger partial charge in [-0.25, -0.2) is 0 Å². The Kier molecular flexibility index (Phi) is 7.47. The molecule has 1 fully saturated rings. The highest BCUT2D eigenvalue weighted by molar-refractivity contribution is 5.65. The van der Waals surface area contributed by atoms with E-state index in [0.717, 1.165) is 25.0 Å². The van der Waals surface area contributed by atoms with Crippen LogP contribution in [0.4, 0.5) is 0 Å². The van der Waals surface area contributed by atoms with Gasteiger partial charge in [-0.15, -0.1) is 0 Å². The molecule has 2 N–H and O–H groups in total. The van der Waals surface area contributed by atoms with Crippen molar-refractivity contribution in [1.82, 2.24) is 0 Å². The van der Waals surface area contributed by atoms with Crippen LogP contribution in [-0.2, 0) is 4.79 Å². The summed E-state index contributed by atoms with van der Waals surface area (Å²) in [5.74, 6) is -0.305. The molecule has 0 heterocycles. The fourth-order valence-corrected chi connectivity index (χ4v) is 3.36. The first-order valence-electron chi connectivity index (χ1n) is 8.93. The second kappa shape index (κ2) is 9.59. The van der Waals surface area contributed by atoms with Crippen molar-refractivity contribution in [3.63, 3.8) is 0 Å². The van der Waals surface area contributed by atoms with Gasteiger partial charge in [0.05, 0.1) is 18.3 Å². The summed E-state index contributed by atoms with van der Waals surface area (Å²) in [6.07, 6.45) is 6.67. The largest absolute Gasteiger partial charge is 0.550 e. The molecule has 5 nitrogen and oxygen atoms in total. The van der Waals surface area contributed by atoms with Crippen LogP contribution in [0.15, 0.2) is 42.5 Å². The fourth-order valence-electron chi connectivity index (χ4n) is 3.36. The zero-order chi connectivity index (χ0) is 18.1. The highest BCUT2D eigenvalue weighted by atomic mass is 16.5. The molecule has 5 heteroatoms. The summed E-state index contributed by atoms with van der Waals surface area (Å²) in [4.78, 5) is 10.8. The van der Waals surface area contributed by atoms with Gasteiger partial charge in [-0.1, -0.05) is 30.4 Å². The van der Waals surface area contributed by atoms with Gasteiger partial charge in [0, 0.05) is 12.4 Å². The maximum Gasteiger partial charge on any atom is 0.119 e. The number of allylic oxidation sites excluding steroid dienone is 1. The van der Waals surface area contributed by atoms with Crippen molar-refractivity contribution in [2.75, 3.05) is 6.61 Å². The third kappa shape index (κ3) is 7.28. The summed E-state index contributed by atoms with van der Waals surface area (Å²) in [6, 6.07) is 9.55. The van der Waals surface area contributed by atoms with E-state index in [-0.39, 0.29) is 12.3 Å². The quantitative estimate of drug-likeness (QED) is 0.525. The number of carbonyl (C=O) groups excluding carboxylic acids is 1. The number of carboxylic acid groups (broad SMARTS) is 1. The molecule has 1 aromatic rings. The Morgan fingerprint density at radius 3 is 2.88 bits per heavy atom. The number of aliphatic hydroxyl groups excluding tert-OH is 1. The Balaban J connectivity index is 1.68. The molecule has 3 unspecified atom stereocenters.